The number of alkyl halides is 1. The Hall–Kier alpha value is 0.470. The van der Waals surface area contributed by atoms with Crippen LogP contribution in [0.1, 0.15) is 19.4 Å². The van der Waals surface area contributed by atoms with Gasteiger partial charge in [0.25, 0.3) is 0 Å². The van der Waals surface area contributed by atoms with Crippen molar-refractivity contribution in [3.05, 3.63) is 29.8 Å². The van der Waals surface area contributed by atoms with Crippen molar-refractivity contribution < 1.29 is 4.52 Å². The van der Waals surface area contributed by atoms with Crippen LogP contribution in [0.5, 0.6) is 0 Å². The molecule has 0 aliphatic carbocycles. The van der Waals surface area contributed by atoms with Crippen LogP contribution in [0, 0.1) is 6.92 Å². The van der Waals surface area contributed by atoms with Crippen LogP contribution in [-0.4, -0.2) is 11.7 Å². The van der Waals surface area contributed by atoms with Crippen molar-refractivity contribution >= 4 is 40.3 Å². The van der Waals surface area contributed by atoms with E-state index in [0.717, 1.165) is 4.90 Å². The zero-order valence-electron chi connectivity index (χ0n) is 9.64. The quantitative estimate of drug-likeness (QED) is 0.557. The Morgan fingerprint density at radius 1 is 1.38 bits per heavy atom. The van der Waals surface area contributed by atoms with Gasteiger partial charge in [-0.05, 0) is 32.9 Å². The SMILES string of the molecule is Cc1ccc(SP(=S)(CCl)OC(C)C)cc1. The van der Waals surface area contributed by atoms with Crippen molar-refractivity contribution in [3.8, 4) is 0 Å². The summed E-state index contributed by atoms with van der Waals surface area (Å²) in [4.78, 5) is 1.13. The van der Waals surface area contributed by atoms with E-state index in [-0.39, 0.29) is 6.10 Å². The third-order valence-electron chi connectivity index (χ3n) is 1.78. The summed E-state index contributed by atoms with van der Waals surface area (Å²) in [5, 5.41) is 0. The summed E-state index contributed by atoms with van der Waals surface area (Å²) >= 11 is 13.0. The van der Waals surface area contributed by atoms with Gasteiger partial charge in [-0.3, -0.25) is 0 Å². The first-order valence-corrected chi connectivity index (χ1v) is 9.91. The summed E-state index contributed by atoms with van der Waals surface area (Å²) in [5.74, 6) is 0. The molecule has 90 valence electrons. The van der Waals surface area contributed by atoms with Gasteiger partial charge in [0.2, 0.25) is 0 Å². The molecule has 0 aromatic heterocycles. The van der Waals surface area contributed by atoms with Gasteiger partial charge in [0, 0.05) is 4.90 Å². The summed E-state index contributed by atoms with van der Waals surface area (Å²) in [7, 11) is 0. The van der Waals surface area contributed by atoms with Gasteiger partial charge < -0.3 is 4.52 Å². The van der Waals surface area contributed by atoms with E-state index in [0.29, 0.717) is 5.62 Å². The van der Waals surface area contributed by atoms with E-state index in [1.807, 2.05) is 13.8 Å². The second-order valence-electron chi connectivity index (χ2n) is 3.79. The third-order valence-corrected chi connectivity index (χ3v) is 8.87. The van der Waals surface area contributed by atoms with Crippen LogP contribution in [0.3, 0.4) is 0 Å². The minimum absolute atomic E-state index is 0.127. The van der Waals surface area contributed by atoms with Gasteiger partial charge in [-0.1, -0.05) is 40.9 Å². The largest absolute Gasteiger partial charge is 0.337 e. The number of benzene rings is 1. The highest BCUT2D eigenvalue weighted by molar-refractivity contribution is 8.69. The lowest BCUT2D eigenvalue weighted by molar-refractivity contribution is 0.277. The Bertz CT molecular complexity index is 378. The summed E-state index contributed by atoms with van der Waals surface area (Å²) in [6, 6.07) is 8.28. The van der Waals surface area contributed by atoms with Crippen LogP contribution >= 0.6 is 28.4 Å². The summed E-state index contributed by atoms with van der Waals surface area (Å²) in [6.07, 6.45) is 0.127. The van der Waals surface area contributed by atoms with Crippen molar-refractivity contribution in [2.75, 3.05) is 5.62 Å². The molecule has 1 nitrogen and oxygen atoms in total. The van der Waals surface area contributed by atoms with Crippen LogP contribution in [0.4, 0.5) is 0 Å². The molecule has 5 heteroatoms. The highest BCUT2D eigenvalue weighted by atomic mass is 35.5. The molecule has 0 fully saturated rings. The molecule has 0 radical (unpaired) electrons. The average molecular weight is 295 g/mol. The van der Waals surface area contributed by atoms with E-state index in [4.69, 9.17) is 27.9 Å². The molecule has 0 aliphatic heterocycles. The molecule has 16 heavy (non-hydrogen) atoms. The van der Waals surface area contributed by atoms with Crippen LogP contribution in [0.25, 0.3) is 0 Å². The van der Waals surface area contributed by atoms with E-state index < -0.39 is 5.47 Å². The standard InChI is InChI=1S/C11H16ClOPS2/c1-9(2)13-14(15,8-12)16-11-6-4-10(3)5-7-11/h4-7,9H,8H2,1-3H3. The van der Waals surface area contributed by atoms with E-state index in [2.05, 4.69) is 31.2 Å². The fourth-order valence-corrected chi connectivity index (χ4v) is 6.54. The van der Waals surface area contributed by atoms with Gasteiger partial charge in [0.05, 0.1) is 11.7 Å². The Labute approximate surface area is 112 Å². The van der Waals surface area contributed by atoms with Crippen LogP contribution in [0.2, 0.25) is 0 Å². The van der Waals surface area contributed by atoms with Gasteiger partial charge in [0.1, 0.15) is 5.47 Å². The van der Waals surface area contributed by atoms with Crippen molar-refractivity contribution in [3.63, 3.8) is 0 Å². The molecular formula is C11H16ClOPS2. The second-order valence-corrected chi connectivity index (χ2v) is 11.6. The lowest BCUT2D eigenvalue weighted by atomic mass is 10.2. The molecule has 0 saturated heterocycles. The minimum Gasteiger partial charge on any atom is -0.337 e. The maximum absolute atomic E-state index is 5.93. The molecule has 1 aromatic carbocycles. The van der Waals surface area contributed by atoms with E-state index in [1.54, 1.807) is 11.4 Å². The van der Waals surface area contributed by atoms with Crippen molar-refractivity contribution in [2.45, 2.75) is 31.8 Å². The lowest BCUT2D eigenvalue weighted by Crippen LogP contribution is -1.99. The molecule has 0 heterocycles. The van der Waals surface area contributed by atoms with Crippen LogP contribution in [-0.2, 0) is 16.3 Å². The molecule has 0 saturated carbocycles. The first kappa shape index (κ1) is 14.5. The topological polar surface area (TPSA) is 9.23 Å². The van der Waals surface area contributed by atoms with Gasteiger partial charge in [-0.15, -0.1) is 11.6 Å². The molecule has 0 N–H and O–H groups in total. The summed E-state index contributed by atoms with van der Waals surface area (Å²) < 4.78 is 5.78. The van der Waals surface area contributed by atoms with E-state index in [9.17, 15) is 0 Å². The first-order chi connectivity index (χ1) is 7.45. The van der Waals surface area contributed by atoms with Crippen molar-refractivity contribution in [2.24, 2.45) is 0 Å². The minimum atomic E-state index is -1.98. The van der Waals surface area contributed by atoms with Crippen molar-refractivity contribution in [1.29, 1.82) is 0 Å². The molecule has 1 atom stereocenters. The first-order valence-electron chi connectivity index (χ1n) is 5.05. The number of hydrogen-bond acceptors (Lipinski definition) is 3. The van der Waals surface area contributed by atoms with Gasteiger partial charge >= 0.3 is 0 Å². The molecule has 1 aromatic rings. The smallest absolute Gasteiger partial charge is 0.138 e. The lowest BCUT2D eigenvalue weighted by Gasteiger charge is -2.21. The maximum Gasteiger partial charge on any atom is 0.138 e. The summed E-state index contributed by atoms with van der Waals surface area (Å²) in [5.41, 5.74) is -0.332. The maximum atomic E-state index is 5.93. The molecule has 1 unspecified atom stereocenters. The highest BCUT2D eigenvalue weighted by Crippen LogP contribution is 2.64. The fourth-order valence-electron chi connectivity index (χ4n) is 1.16. The Morgan fingerprint density at radius 3 is 2.38 bits per heavy atom. The number of aryl methyl sites for hydroxylation is 1. The zero-order chi connectivity index (χ0) is 12.2. The Morgan fingerprint density at radius 2 is 1.94 bits per heavy atom. The van der Waals surface area contributed by atoms with E-state index in [1.165, 1.54) is 5.56 Å². The third kappa shape index (κ3) is 4.77. The fraction of sp³-hybridized carbons (Fsp3) is 0.455. The normalized spacial score (nSPS) is 15.1. The summed E-state index contributed by atoms with van der Waals surface area (Å²) in [6.45, 7) is 6.04. The van der Waals surface area contributed by atoms with Crippen molar-refractivity contribution in [1.82, 2.24) is 0 Å². The number of rotatable bonds is 5. The highest BCUT2D eigenvalue weighted by Gasteiger charge is 2.20. The number of hydrogen-bond donors (Lipinski definition) is 0. The van der Waals surface area contributed by atoms with Gasteiger partial charge in [-0.25, -0.2) is 0 Å². The van der Waals surface area contributed by atoms with Crippen LogP contribution < -0.4 is 0 Å². The molecule has 0 amide bonds. The monoisotopic (exact) mass is 294 g/mol. The predicted octanol–water partition coefficient (Wildman–Crippen LogP) is 5.02. The van der Waals surface area contributed by atoms with Gasteiger partial charge in [0.15, 0.2) is 0 Å². The number of halogens is 1. The second kappa shape index (κ2) is 6.42. The van der Waals surface area contributed by atoms with Crippen LogP contribution in [0.15, 0.2) is 29.2 Å². The predicted molar refractivity (Wildman–Crippen MR) is 78.3 cm³/mol. The molecule has 1 rings (SSSR count). The average Bonchev–Trinajstić information content (AvgIpc) is 2.20. The zero-order valence-corrected chi connectivity index (χ0v) is 12.9. The van der Waals surface area contributed by atoms with E-state index >= 15 is 0 Å². The molecule has 0 bridgehead atoms. The molecule has 0 spiro atoms. The van der Waals surface area contributed by atoms with Gasteiger partial charge in [-0.2, -0.15) is 0 Å². The molecular weight excluding hydrogens is 279 g/mol. The Balaban J connectivity index is 2.77. The molecule has 0 aliphatic rings. The Kier molecular flexibility index (Phi) is 5.83.